The van der Waals surface area contributed by atoms with E-state index in [0.29, 0.717) is 5.69 Å². The lowest BCUT2D eigenvalue weighted by atomic mass is 10.1. The zero-order chi connectivity index (χ0) is 28.0. The molecule has 1 aliphatic rings. The van der Waals surface area contributed by atoms with Crippen LogP contribution in [0.5, 0.6) is 0 Å². The molecule has 3 aromatic carbocycles. The molecule has 8 heteroatoms. The van der Waals surface area contributed by atoms with Crippen LogP contribution in [-0.4, -0.2) is 43.8 Å². The summed E-state index contributed by atoms with van der Waals surface area (Å²) in [4.78, 5) is 28.8. The molecule has 0 spiro atoms. The average Bonchev–Trinajstić information content (AvgIpc) is 3.44. The Balaban J connectivity index is 1.67. The SMILES string of the molecule is Cc1ccc(N(CC(=O)N(Cc2cccc(C)c2)[C@H](C)C(=O)NC2CCCC2)S(=O)(=O)c2ccccc2)cc1. The van der Waals surface area contributed by atoms with Gasteiger partial charge in [0, 0.05) is 12.6 Å². The number of anilines is 1. The molecule has 39 heavy (non-hydrogen) atoms. The Labute approximate surface area is 231 Å². The van der Waals surface area contributed by atoms with Crippen molar-refractivity contribution in [2.45, 2.75) is 70.0 Å². The van der Waals surface area contributed by atoms with Gasteiger partial charge in [-0.2, -0.15) is 0 Å². The van der Waals surface area contributed by atoms with E-state index in [9.17, 15) is 18.0 Å². The van der Waals surface area contributed by atoms with Crippen LogP contribution in [0.3, 0.4) is 0 Å². The third-order valence-electron chi connectivity index (χ3n) is 7.24. The minimum atomic E-state index is -4.05. The maximum absolute atomic E-state index is 14.0. The molecule has 0 heterocycles. The van der Waals surface area contributed by atoms with E-state index in [1.165, 1.54) is 17.0 Å². The summed E-state index contributed by atoms with van der Waals surface area (Å²) in [5.74, 6) is -0.679. The molecule has 0 aliphatic heterocycles. The van der Waals surface area contributed by atoms with Crippen molar-refractivity contribution in [1.29, 1.82) is 0 Å². The summed E-state index contributed by atoms with van der Waals surface area (Å²) < 4.78 is 28.7. The Morgan fingerprint density at radius 1 is 0.897 bits per heavy atom. The fourth-order valence-electron chi connectivity index (χ4n) is 4.94. The summed E-state index contributed by atoms with van der Waals surface area (Å²) in [5.41, 5.74) is 3.27. The summed E-state index contributed by atoms with van der Waals surface area (Å²) in [6.07, 6.45) is 4.02. The summed E-state index contributed by atoms with van der Waals surface area (Å²) in [5, 5.41) is 3.09. The van der Waals surface area contributed by atoms with Crippen LogP contribution in [0.2, 0.25) is 0 Å². The van der Waals surface area contributed by atoms with Gasteiger partial charge in [0.15, 0.2) is 0 Å². The average molecular weight is 548 g/mol. The largest absolute Gasteiger partial charge is 0.352 e. The molecule has 1 saturated carbocycles. The molecule has 3 aromatic rings. The molecular weight excluding hydrogens is 510 g/mol. The second-order valence-corrected chi connectivity index (χ2v) is 12.2. The second-order valence-electron chi connectivity index (χ2n) is 10.3. The van der Waals surface area contributed by atoms with E-state index < -0.39 is 28.5 Å². The zero-order valence-corrected chi connectivity index (χ0v) is 23.7. The number of carbonyl (C=O) groups excluding carboxylic acids is 2. The number of nitrogens with zero attached hydrogens (tertiary/aromatic N) is 2. The molecule has 206 valence electrons. The van der Waals surface area contributed by atoms with Crippen molar-refractivity contribution in [3.8, 4) is 0 Å². The highest BCUT2D eigenvalue weighted by atomic mass is 32.2. The van der Waals surface area contributed by atoms with Crippen LogP contribution in [0, 0.1) is 13.8 Å². The first-order chi connectivity index (χ1) is 18.6. The van der Waals surface area contributed by atoms with Gasteiger partial charge in [-0.25, -0.2) is 8.42 Å². The molecular formula is C31H37N3O4S. The lowest BCUT2D eigenvalue weighted by molar-refractivity contribution is -0.139. The molecule has 4 rings (SSSR count). The topological polar surface area (TPSA) is 86.8 Å². The van der Waals surface area contributed by atoms with Crippen molar-refractivity contribution >= 4 is 27.5 Å². The minimum Gasteiger partial charge on any atom is -0.352 e. The molecule has 0 saturated heterocycles. The summed E-state index contributed by atoms with van der Waals surface area (Å²) >= 11 is 0. The lowest BCUT2D eigenvalue weighted by Crippen LogP contribution is -2.52. The smallest absolute Gasteiger partial charge is 0.264 e. The molecule has 1 aliphatic carbocycles. The second kappa shape index (κ2) is 12.5. The van der Waals surface area contributed by atoms with Gasteiger partial charge in [-0.05, 0) is 63.4 Å². The molecule has 0 bridgehead atoms. The van der Waals surface area contributed by atoms with Crippen LogP contribution < -0.4 is 9.62 Å². The number of nitrogens with one attached hydrogen (secondary N) is 1. The van der Waals surface area contributed by atoms with Gasteiger partial charge in [0.1, 0.15) is 12.6 Å². The van der Waals surface area contributed by atoms with Crippen LogP contribution in [0.15, 0.2) is 83.8 Å². The quantitative estimate of drug-likeness (QED) is 0.388. The van der Waals surface area contributed by atoms with Gasteiger partial charge >= 0.3 is 0 Å². The van der Waals surface area contributed by atoms with Gasteiger partial charge in [-0.15, -0.1) is 0 Å². The first-order valence-electron chi connectivity index (χ1n) is 13.4. The molecule has 1 N–H and O–H groups in total. The Kier molecular flexibility index (Phi) is 9.07. The molecule has 1 atom stereocenters. The fraction of sp³-hybridized carbons (Fsp3) is 0.355. The van der Waals surface area contributed by atoms with Gasteiger partial charge in [-0.1, -0.05) is 78.6 Å². The Morgan fingerprint density at radius 3 is 2.21 bits per heavy atom. The van der Waals surface area contributed by atoms with Crippen molar-refractivity contribution in [3.05, 3.63) is 95.6 Å². The van der Waals surface area contributed by atoms with Crippen molar-refractivity contribution < 1.29 is 18.0 Å². The van der Waals surface area contributed by atoms with E-state index >= 15 is 0 Å². The van der Waals surface area contributed by atoms with Crippen LogP contribution in [-0.2, 0) is 26.2 Å². The normalized spacial score (nSPS) is 14.5. The highest BCUT2D eigenvalue weighted by Crippen LogP contribution is 2.25. The van der Waals surface area contributed by atoms with E-state index in [2.05, 4.69) is 5.32 Å². The van der Waals surface area contributed by atoms with Crippen molar-refractivity contribution in [2.24, 2.45) is 0 Å². The van der Waals surface area contributed by atoms with Gasteiger partial charge < -0.3 is 10.2 Å². The maximum Gasteiger partial charge on any atom is 0.264 e. The summed E-state index contributed by atoms with van der Waals surface area (Å²) in [6.45, 7) is 5.34. The predicted octanol–water partition coefficient (Wildman–Crippen LogP) is 4.97. The monoisotopic (exact) mass is 547 g/mol. The molecule has 0 radical (unpaired) electrons. The van der Waals surface area contributed by atoms with Crippen LogP contribution in [0.1, 0.15) is 49.3 Å². The number of carbonyl (C=O) groups is 2. The first kappa shape index (κ1) is 28.4. The number of amides is 2. The zero-order valence-electron chi connectivity index (χ0n) is 22.8. The third kappa shape index (κ3) is 7.06. The number of aryl methyl sites for hydroxylation is 2. The predicted molar refractivity (Wildman–Crippen MR) is 154 cm³/mol. The number of sulfonamides is 1. The van der Waals surface area contributed by atoms with Gasteiger partial charge in [0.25, 0.3) is 10.0 Å². The van der Waals surface area contributed by atoms with E-state index in [0.717, 1.165) is 46.7 Å². The minimum absolute atomic E-state index is 0.0932. The highest BCUT2D eigenvalue weighted by Gasteiger charge is 2.33. The van der Waals surface area contributed by atoms with Gasteiger partial charge in [0.05, 0.1) is 10.6 Å². The molecule has 1 fully saturated rings. The lowest BCUT2D eigenvalue weighted by Gasteiger charge is -2.32. The van der Waals surface area contributed by atoms with Gasteiger partial charge in [-0.3, -0.25) is 13.9 Å². The Morgan fingerprint density at radius 2 is 1.56 bits per heavy atom. The van der Waals surface area contributed by atoms with Crippen LogP contribution >= 0.6 is 0 Å². The Bertz CT molecular complexity index is 1380. The highest BCUT2D eigenvalue weighted by molar-refractivity contribution is 7.92. The van der Waals surface area contributed by atoms with E-state index in [1.807, 2.05) is 50.2 Å². The fourth-order valence-corrected chi connectivity index (χ4v) is 6.38. The first-order valence-corrected chi connectivity index (χ1v) is 14.9. The van der Waals surface area contributed by atoms with E-state index in [-0.39, 0.29) is 23.4 Å². The summed E-state index contributed by atoms with van der Waals surface area (Å²) in [6, 6.07) is 22.2. The molecule has 7 nitrogen and oxygen atoms in total. The van der Waals surface area contributed by atoms with Crippen LogP contribution in [0.25, 0.3) is 0 Å². The number of rotatable bonds is 10. The standard InChI is InChI=1S/C31H37N3O4S/c1-23-16-18-28(19-17-23)34(39(37,38)29-14-5-4-6-15-29)22-30(35)33(21-26-11-9-10-24(2)20-26)25(3)31(36)32-27-12-7-8-13-27/h4-6,9-11,14-20,25,27H,7-8,12-13,21-22H2,1-3H3,(H,32,36)/t25-/m1/s1. The van der Waals surface area contributed by atoms with E-state index in [4.69, 9.17) is 0 Å². The van der Waals surface area contributed by atoms with Gasteiger partial charge in [0.2, 0.25) is 11.8 Å². The Hall–Kier alpha value is -3.65. The third-order valence-corrected chi connectivity index (χ3v) is 9.02. The van der Waals surface area contributed by atoms with Crippen molar-refractivity contribution in [2.75, 3.05) is 10.8 Å². The maximum atomic E-state index is 14.0. The number of benzene rings is 3. The molecule has 2 amide bonds. The van der Waals surface area contributed by atoms with E-state index in [1.54, 1.807) is 37.3 Å². The van der Waals surface area contributed by atoms with Crippen molar-refractivity contribution in [3.63, 3.8) is 0 Å². The number of hydrogen-bond donors (Lipinski definition) is 1. The van der Waals surface area contributed by atoms with Crippen molar-refractivity contribution in [1.82, 2.24) is 10.2 Å². The van der Waals surface area contributed by atoms with Crippen LogP contribution in [0.4, 0.5) is 5.69 Å². The molecule has 0 aromatic heterocycles. The molecule has 0 unspecified atom stereocenters. The summed E-state index contributed by atoms with van der Waals surface area (Å²) in [7, 11) is -4.05. The number of hydrogen-bond acceptors (Lipinski definition) is 4.